The zero-order valence-electron chi connectivity index (χ0n) is 23.8. The summed E-state index contributed by atoms with van der Waals surface area (Å²) in [7, 11) is 1.70. The average Bonchev–Trinajstić information content (AvgIpc) is 3.45. The molecule has 3 amide bonds. The first-order valence-electron chi connectivity index (χ1n) is 14.9. The minimum atomic E-state index is -0.228. The van der Waals surface area contributed by atoms with Crippen LogP contribution < -0.4 is 15.8 Å². The van der Waals surface area contributed by atoms with E-state index < -0.39 is 0 Å². The van der Waals surface area contributed by atoms with Crippen molar-refractivity contribution in [3.8, 4) is 17.0 Å². The van der Waals surface area contributed by atoms with E-state index in [0.29, 0.717) is 36.5 Å². The standard InChI is InChI=1S/C30H44N6O3S/c1-39-27-10-9-24(23-7-3-2-4-8-23)18-25(27)26-21-40-29(32-26)33-30(38)36-16-14-35(15-17-36)20-22-6-5-12-34(19-22)13-11-28(31)37/h9-10,18,21-23H,2-8,11-17,19-20H2,1H3,(H2,31,37)(H,32,33,38)/t22-/m1/s1. The molecule has 40 heavy (non-hydrogen) atoms. The highest BCUT2D eigenvalue weighted by Gasteiger charge is 2.27. The number of amides is 3. The van der Waals surface area contributed by atoms with Gasteiger partial charge in [0.25, 0.3) is 0 Å². The number of nitrogens with two attached hydrogens (primary N) is 1. The zero-order chi connectivity index (χ0) is 27.9. The number of primary amides is 1. The molecule has 2 aromatic rings. The van der Waals surface area contributed by atoms with Gasteiger partial charge in [-0.2, -0.15) is 0 Å². The number of piperazine rings is 1. The minimum absolute atomic E-state index is 0.0845. The van der Waals surface area contributed by atoms with Gasteiger partial charge in [0.1, 0.15) is 5.75 Å². The molecule has 0 unspecified atom stereocenters. The van der Waals surface area contributed by atoms with Crippen molar-refractivity contribution < 1.29 is 14.3 Å². The van der Waals surface area contributed by atoms with Gasteiger partial charge >= 0.3 is 6.03 Å². The summed E-state index contributed by atoms with van der Waals surface area (Å²) in [6, 6.07) is 6.40. The highest BCUT2D eigenvalue weighted by molar-refractivity contribution is 7.14. The molecule has 3 N–H and O–H groups in total. The van der Waals surface area contributed by atoms with Crippen LogP contribution in [0.4, 0.5) is 9.93 Å². The van der Waals surface area contributed by atoms with Gasteiger partial charge < -0.3 is 20.3 Å². The number of aromatic nitrogens is 1. The summed E-state index contributed by atoms with van der Waals surface area (Å²) in [5.41, 5.74) is 8.53. The van der Waals surface area contributed by atoms with E-state index in [1.54, 1.807) is 7.11 Å². The summed E-state index contributed by atoms with van der Waals surface area (Å²) < 4.78 is 5.66. The first-order chi connectivity index (χ1) is 19.5. The van der Waals surface area contributed by atoms with Crippen molar-refractivity contribution in [3.05, 3.63) is 29.1 Å². The topological polar surface area (TPSA) is 104 Å². The molecule has 218 valence electrons. The predicted octanol–water partition coefficient (Wildman–Crippen LogP) is 4.60. The van der Waals surface area contributed by atoms with Crippen molar-refractivity contribution in [1.29, 1.82) is 0 Å². The molecule has 3 aliphatic rings. The van der Waals surface area contributed by atoms with Gasteiger partial charge in [-0.05, 0) is 61.8 Å². The van der Waals surface area contributed by atoms with Gasteiger partial charge in [0.05, 0.1) is 12.8 Å². The fourth-order valence-electron chi connectivity index (χ4n) is 6.51. The zero-order valence-corrected chi connectivity index (χ0v) is 24.6. The maximum Gasteiger partial charge on any atom is 0.323 e. The maximum absolute atomic E-state index is 13.1. The second-order valence-electron chi connectivity index (χ2n) is 11.6. The molecule has 1 atom stereocenters. The molecule has 1 aromatic heterocycles. The van der Waals surface area contributed by atoms with E-state index in [0.717, 1.165) is 56.3 Å². The molecular formula is C30H44N6O3S. The third-order valence-electron chi connectivity index (χ3n) is 8.75. The monoisotopic (exact) mass is 568 g/mol. The van der Waals surface area contributed by atoms with Gasteiger partial charge in [-0.15, -0.1) is 11.3 Å². The number of ether oxygens (including phenoxy) is 1. The number of carbonyl (C=O) groups excluding carboxylic acids is 2. The number of thiazole rings is 1. The summed E-state index contributed by atoms with van der Waals surface area (Å²) in [5, 5.41) is 5.66. The van der Waals surface area contributed by atoms with E-state index >= 15 is 0 Å². The van der Waals surface area contributed by atoms with Gasteiger partial charge in [-0.1, -0.05) is 25.3 Å². The lowest BCUT2D eigenvalue weighted by Crippen LogP contribution is -2.52. The molecule has 9 nitrogen and oxygen atoms in total. The molecule has 1 aliphatic carbocycles. The van der Waals surface area contributed by atoms with E-state index in [9.17, 15) is 9.59 Å². The Morgan fingerprint density at radius 1 is 1.05 bits per heavy atom. The van der Waals surface area contributed by atoms with Crippen molar-refractivity contribution in [3.63, 3.8) is 0 Å². The minimum Gasteiger partial charge on any atom is -0.496 e. The number of hydrogen-bond donors (Lipinski definition) is 2. The van der Waals surface area contributed by atoms with Gasteiger partial charge in [0, 0.05) is 63.2 Å². The number of benzene rings is 1. The fourth-order valence-corrected chi connectivity index (χ4v) is 7.21. The Bertz CT molecular complexity index is 1140. The second-order valence-corrected chi connectivity index (χ2v) is 12.4. The number of likely N-dealkylation sites (tertiary alicyclic amines) is 1. The van der Waals surface area contributed by atoms with Gasteiger partial charge in [-0.3, -0.25) is 15.0 Å². The Kier molecular flexibility index (Phi) is 9.93. The van der Waals surface area contributed by atoms with E-state index in [2.05, 4.69) is 33.3 Å². The van der Waals surface area contributed by atoms with Crippen LogP contribution in [0, 0.1) is 5.92 Å². The molecule has 0 radical (unpaired) electrons. The summed E-state index contributed by atoms with van der Waals surface area (Å²) in [5.74, 6) is 1.79. The molecule has 5 rings (SSSR count). The molecule has 10 heteroatoms. The molecular weight excluding hydrogens is 524 g/mol. The molecule has 0 spiro atoms. The van der Waals surface area contributed by atoms with Crippen molar-refractivity contribution in [2.75, 3.05) is 64.8 Å². The van der Waals surface area contributed by atoms with Crippen LogP contribution in [-0.2, 0) is 4.79 Å². The Morgan fingerprint density at radius 3 is 2.60 bits per heavy atom. The Balaban J connectivity index is 1.12. The highest BCUT2D eigenvalue weighted by atomic mass is 32.1. The fraction of sp³-hybridized carbons (Fsp3) is 0.633. The predicted molar refractivity (Wildman–Crippen MR) is 160 cm³/mol. The van der Waals surface area contributed by atoms with E-state index in [-0.39, 0.29) is 11.9 Å². The number of urea groups is 1. The van der Waals surface area contributed by atoms with Crippen LogP contribution in [0.3, 0.4) is 0 Å². The SMILES string of the molecule is COc1ccc(C2CCCCC2)cc1-c1csc(NC(=O)N2CCN(C[C@@H]3CCCN(CCC(N)=O)C3)CC2)n1. The molecule has 1 aromatic carbocycles. The van der Waals surface area contributed by atoms with E-state index in [1.807, 2.05) is 10.3 Å². The summed E-state index contributed by atoms with van der Waals surface area (Å²) in [6.45, 7) is 7.04. The quantitative estimate of drug-likeness (QED) is 0.458. The smallest absolute Gasteiger partial charge is 0.323 e. The van der Waals surface area contributed by atoms with Crippen molar-refractivity contribution in [2.24, 2.45) is 11.7 Å². The molecule has 0 bridgehead atoms. The molecule has 1 saturated carbocycles. The molecule has 3 fully saturated rings. The number of anilines is 1. The number of carbonyl (C=O) groups is 2. The van der Waals surface area contributed by atoms with E-state index in [1.165, 1.54) is 61.8 Å². The van der Waals surface area contributed by atoms with Crippen LogP contribution in [0.25, 0.3) is 11.3 Å². The first kappa shape index (κ1) is 28.8. The molecule has 3 heterocycles. The Labute approximate surface area is 242 Å². The number of methoxy groups -OCH3 is 1. The van der Waals surface area contributed by atoms with Crippen LogP contribution in [0.15, 0.2) is 23.6 Å². The Hall–Kier alpha value is -2.69. The first-order valence-corrected chi connectivity index (χ1v) is 15.8. The van der Waals surface area contributed by atoms with Crippen LogP contribution in [0.2, 0.25) is 0 Å². The van der Waals surface area contributed by atoms with E-state index in [4.69, 9.17) is 15.5 Å². The number of hydrogen-bond acceptors (Lipinski definition) is 7. The Morgan fingerprint density at radius 2 is 1.85 bits per heavy atom. The summed E-state index contributed by atoms with van der Waals surface area (Å²) >= 11 is 1.46. The maximum atomic E-state index is 13.1. The van der Waals surface area contributed by atoms with Gasteiger partial charge in [0.2, 0.25) is 5.91 Å². The van der Waals surface area contributed by atoms with Gasteiger partial charge in [-0.25, -0.2) is 9.78 Å². The second kappa shape index (κ2) is 13.8. The lowest BCUT2D eigenvalue weighted by Gasteiger charge is -2.39. The van der Waals surface area contributed by atoms with Crippen molar-refractivity contribution >= 4 is 28.4 Å². The lowest BCUT2D eigenvalue weighted by atomic mass is 9.83. The largest absolute Gasteiger partial charge is 0.496 e. The number of nitrogens with one attached hydrogen (secondary N) is 1. The number of piperidine rings is 1. The highest BCUT2D eigenvalue weighted by Crippen LogP contribution is 2.38. The van der Waals surface area contributed by atoms with Crippen molar-refractivity contribution in [2.45, 2.75) is 57.3 Å². The molecule has 2 aliphatic heterocycles. The number of rotatable bonds is 9. The summed E-state index contributed by atoms with van der Waals surface area (Å²) in [6.07, 6.45) is 9.23. The van der Waals surface area contributed by atoms with Crippen LogP contribution in [0.1, 0.15) is 62.8 Å². The molecule has 2 saturated heterocycles. The van der Waals surface area contributed by atoms with Crippen molar-refractivity contribution in [1.82, 2.24) is 19.7 Å². The van der Waals surface area contributed by atoms with Crippen LogP contribution >= 0.6 is 11.3 Å². The average molecular weight is 569 g/mol. The van der Waals surface area contributed by atoms with Crippen LogP contribution in [0.5, 0.6) is 5.75 Å². The van der Waals surface area contributed by atoms with Crippen LogP contribution in [-0.4, -0.2) is 91.1 Å². The third kappa shape index (κ3) is 7.53. The normalized spacial score (nSPS) is 21.3. The number of nitrogens with zero attached hydrogens (tertiary/aromatic N) is 4. The lowest BCUT2D eigenvalue weighted by molar-refractivity contribution is -0.118. The van der Waals surface area contributed by atoms with Gasteiger partial charge in [0.15, 0.2) is 5.13 Å². The third-order valence-corrected chi connectivity index (χ3v) is 9.51. The summed E-state index contributed by atoms with van der Waals surface area (Å²) in [4.78, 5) is 35.7.